The van der Waals surface area contributed by atoms with E-state index in [1.807, 2.05) is 13.8 Å². The highest BCUT2D eigenvalue weighted by Crippen LogP contribution is 2.53. The molecule has 0 radical (unpaired) electrons. The van der Waals surface area contributed by atoms with E-state index in [4.69, 9.17) is 4.74 Å². The number of ketones is 1. The van der Waals surface area contributed by atoms with E-state index in [1.165, 1.54) is 12.3 Å². The van der Waals surface area contributed by atoms with Gasteiger partial charge in [-0.05, 0) is 36.6 Å². The molecule has 1 atom stereocenters. The molecule has 0 spiro atoms. The predicted octanol–water partition coefficient (Wildman–Crippen LogP) is 4.65. The maximum Gasteiger partial charge on any atom is 0.239 e. The van der Waals surface area contributed by atoms with Crippen molar-refractivity contribution in [1.29, 1.82) is 0 Å². The Hall–Kier alpha value is -2.89. The first-order chi connectivity index (χ1) is 15.6. The Balaban J connectivity index is 1.76. The summed E-state index contributed by atoms with van der Waals surface area (Å²) in [7, 11) is -3.50. The number of aromatic nitrogens is 1. The smallest absolute Gasteiger partial charge is 0.239 e. The van der Waals surface area contributed by atoms with Crippen LogP contribution in [0.25, 0.3) is 0 Å². The van der Waals surface area contributed by atoms with Crippen LogP contribution in [0.4, 0.5) is 11.5 Å². The van der Waals surface area contributed by atoms with Crippen molar-refractivity contribution in [2.24, 2.45) is 5.92 Å². The SMILES string of the molecule is C=CCOc1ccc2c(c1)S(O)(O)NC(=C1C[N+]([O-])(CCC(C)C)c3ncccc3C1=O)N2. The van der Waals surface area contributed by atoms with Crippen LogP contribution < -0.4 is 19.4 Å². The van der Waals surface area contributed by atoms with Crippen LogP contribution in [0.2, 0.25) is 0 Å². The molecule has 4 rings (SSSR count). The van der Waals surface area contributed by atoms with Crippen molar-refractivity contribution in [3.63, 3.8) is 0 Å². The predicted molar refractivity (Wildman–Crippen MR) is 130 cm³/mol. The standard InChI is InChI=1S/C23H28N4O5S/c1-4-12-32-16-7-8-19-20(13-16)33(30,31)26-22(25-19)18-14-27(29,11-9-15(2)3)23-17(21(18)28)6-5-10-24-23/h4-8,10,13,15,25-26,30-31H,1,9,11-12,14H2,2-3H3. The quantitative estimate of drug-likeness (QED) is 0.207. The molecule has 10 heteroatoms. The molecule has 0 saturated heterocycles. The van der Waals surface area contributed by atoms with E-state index >= 15 is 0 Å². The van der Waals surface area contributed by atoms with Crippen LogP contribution >= 0.6 is 10.8 Å². The van der Waals surface area contributed by atoms with Gasteiger partial charge in [-0.2, -0.15) is 0 Å². The third-order valence-corrected chi connectivity index (χ3v) is 7.05. The van der Waals surface area contributed by atoms with Gasteiger partial charge in [0, 0.05) is 12.3 Å². The molecule has 1 unspecified atom stereocenters. The summed E-state index contributed by atoms with van der Waals surface area (Å²) >= 11 is 0. The van der Waals surface area contributed by atoms with Gasteiger partial charge in [0.05, 0.1) is 17.8 Å². The summed E-state index contributed by atoms with van der Waals surface area (Å²) in [5, 5.41) is 17.0. The van der Waals surface area contributed by atoms with Crippen LogP contribution in [-0.2, 0) is 0 Å². The molecule has 1 aromatic carbocycles. The second kappa shape index (κ2) is 8.81. The second-order valence-corrected chi connectivity index (χ2v) is 10.3. The molecule has 9 nitrogen and oxygen atoms in total. The van der Waals surface area contributed by atoms with E-state index in [0.29, 0.717) is 23.8 Å². The monoisotopic (exact) mass is 472 g/mol. The number of nitrogens with zero attached hydrogens (tertiary/aromatic N) is 2. The summed E-state index contributed by atoms with van der Waals surface area (Å²) in [6.45, 7) is 8.02. The van der Waals surface area contributed by atoms with Gasteiger partial charge in [0.25, 0.3) is 0 Å². The summed E-state index contributed by atoms with van der Waals surface area (Å²) in [5.41, 5.74) is 0.800. The lowest BCUT2D eigenvalue weighted by atomic mass is 9.97. The van der Waals surface area contributed by atoms with E-state index in [9.17, 15) is 19.1 Å². The van der Waals surface area contributed by atoms with Gasteiger partial charge >= 0.3 is 0 Å². The number of anilines is 1. The number of ether oxygens (including phenoxy) is 1. The fourth-order valence-corrected chi connectivity index (χ4v) is 5.16. The molecule has 0 bridgehead atoms. The van der Waals surface area contributed by atoms with E-state index in [2.05, 4.69) is 21.6 Å². The second-order valence-electron chi connectivity index (χ2n) is 8.54. The number of hydrogen-bond acceptors (Lipinski definition) is 8. The number of nitrogens with one attached hydrogen (secondary N) is 2. The molecule has 2 aliphatic heterocycles. The van der Waals surface area contributed by atoms with E-state index < -0.39 is 15.4 Å². The summed E-state index contributed by atoms with van der Waals surface area (Å²) in [4.78, 5) is 17.8. The third-order valence-electron chi connectivity index (χ3n) is 5.61. The molecule has 0 aliphatic carbocycles. The number of carbonyl (C=O) groups is 1. The van der Waals surface area contributed by atoms with E-state index in [0.717, 1.165) is 0 Å². The van der Waals surface area contributed by atoms with Crippen molar-refractivity contribution in [1.82, 2.24) is 14.4 Å². The van der Waals surface area contributed by atoms with Gasteiger partial charge in [0.2, 0.25) is 11.6 Å². The Morgan fingerprint density at radius 3 is 2.88 bits per heavy atom. The lowest BCUT2D eigenvalue weighted by Crippen LogP contribution is -2.52. The lowest BCUT2D eigenvalue weighted by Gasteiger charge is -2.46. The first kappa shape index (κ1) is 23.3. The molecule has 0 saturated carbocycles. The summed E-state index contributed by atoms with van der Waals surface area (Å²) in [5.74, 6) is 0.693. The van der Waals surface area contributed by atoms with Gasteiger partial charge in [-0.1, -0.05) is 37.3 Å². The van der Waals surface area contributed by atoms with Crippen LogP contribution in [0.15, 0.2) is 65.5 Å². The van der Waals surface area contributed by atoms with Crippen molar-refractivity contribution in [3.05, 3.63) is 71.3 Å². The van der Waals surface area contributed by atoms with E-state index in [-0.39, 0.29) is 53.2 Å². The minimum atomic E-state index is -3.50. The fourth-order valence-electron chi connectivity index (χ4n) is 3.89. The number of hydrogen-bond donors (Lipinski definition) is 4. The molecule has 0 amide bonds. The Labute approximate surface area is 194 Å². The number of quaternary nitrogens is 1. The third kappa shape index (κ3) is 4.48. The first-order valence-electron chi connectivity index (χ1n) is 10.7. The minimum absolute atomic E-state index is 0.115. The highest BCUT2D eigenvalue weighted by atomic mass is 32.3. The van der Waals surface area contributed by atoms with Crippen LogP contribution in [0.1, 0.15) is 30.6 Å². The van der Waals surface area contributed by atoms with E-state index in [1.54, 1.807) is 30.3 Å². The van der Waals surface area contributed by atoms with Crippen LogP contribution in [0, 0.1) is 11.1 Å². The molecule has 0 fully saturated rings. The summed E-state index contributed by atoms with van der Waals surface area (Å²) in [6.07, 6.45) is 3.76. The number of hydroxylamine groups is 2. The number of fused-ring (bicyclic) bond motifs is 2. The van der Waals surface area contributed by atoms with Crippen molar-refractivity contribution in [2.45, 2.75) is 25.2 Å². The molecule has 1 aromatic heterocycles. The fraction of sp³-hybridized carbons (Fsp3) is 0.304. The Kier molecular flexibility index (Phi) is 6.21. The van der Waals surface area contributed by atoms with Gasteiger partial charge < -0.3 is 19.9 Å². The number of carbonyl (C=O) groups excluding carboxylic acids is 1. The van der Waals surface area contributed by atoms with Gasteiger partial charge in [-0.25, -0.2) is 4.98 Å². The number of Topliss-reactive ketones (excluding diaryl/α,β-unsaturated/α-hetero) is 1. The maximum absolute atomic E-state index is 13.9. The molecular formula is C23H28N4O5S. The van der Waals surface area contributed by atoms with Gasteiger partial charge in [-0.3, -0.25) is 18.6 Å². The van der Waals surface area contributed by atoms with Crippen molar-refractivity contribution in [2.75, 3.05) is 25.0 Å². The average Bonchev–Trinajstić information content (AvgIpc) is 2.79. The highest BCUT2D eigenvalue weighted by Gasteiger charge is 2.41. The van der Waals surface area contributed by atoms with Crippen molar-refractivity contribution in [3.8, 4) is 5.75 Å². The van der Waals surface area contributed by atoms with Crippen LogP contribution in [0.5, 0.6) is 5.75 Å². The van der Waals surface area contributed by atoms with Crippen molar-refractivity contribution >= 4 is 28.1 Å². The van der Waals surface area contributed by atoms with Crippen molar-refractivity contribution < 1.29 is 18.6 Å². The Morgan fingerprint density at radius 2 is 2.15 bits per heavy atom. The zero-order valence-corrected chi connectivity index (χ0v) is 19.4. The molecule has 2 aromatic rings. The molecular weight excluding hydrogens is 444 g/mol. The molecule has 176 valence electrons. The topological polar surface area (TPSA) is 127 Å². The Morgan fingerprint density at radius 1 is 1.36 bits per heavy atom. The Bertz CT molecular complexity index is 1130. The number of pyridine rings is 1. The average molecular weight is 473 g/mol. The molecule has 4 N–H and O–H groups in total. The van der Waals surface area contributed by atoms with Gasteiger partial charge in [0.1, 0.15) is 35.2 Å². The lowest BCUT2D eigenvalue weighted by molar-refractivity contribution is 0.101. The molecule has 2 aliphatic rings. The molecule has 33 heavy (non-hydrogen) atoms. The normalized spacial score (nSPS) is 24.2. The van der Waals surface area contributed by atoms with Gasteiger partial charge in [-0.15, -0.1) is 0 Å². The largest absolute Gasteiger partial charge is 0.626 e. The zero-order valence-electron chi connectivity index (χ0n) is 18.6. The summed E-state index contributed by atoms with van der Waals surface area (Å²) in [6, 6.07) is 8.05. The molecule has 3 heterocycles. The number of rotatable bonds is 6. The first-order valence-corrected chi connectivity index (χ1v) is 12.2. The summed E-state index contributed by atoms with van der Waals surface area (Å²) < 4.78 is 29.0. The zero-order chi connectivity index (χ0) is 23.8. The highest BCUT2D eigenvalue weighted by molar-refractivity contribution is 8.23. The van der Waals surface area contributed by atoms with Crippen LogP contribution in [0.3, 0.4) is 0 Å². The minimum Gasteiger partial charge on any atom is -0.626 e. The van der Waals surface area contributed by atoms with Crippen LogP contribution in [-0.4, -0.2) is 39.6 Å². The maximum atomic E-state index is 13.9. The van der Waals surface area contributed by atoms with Gasteiger partial charge in [0.15, 0.2) is 0 Å². The number of benzene rings is 1.